The maximum Gasteiger partial charge on any atom is 0.410 e. The molecule has 2 aromatic carbocycles. The van der Waals surface area contributed by atoms with Crippen molar-refractivity contribution < 1.29 is 41.4 Å². The fourth-order valence-electron chi connectivity index (χ4n) is 4.79. The molecule has 0 aromatic heterocycles. The molecule has 2 aliphatic rings. The van der Waals surface area contributed by atoms with Gasteiger partial charge in [0.05, 0.1) is 29.7 Å². The summed E-state index contributed by atoms with van der Waals surface area (Å²) in [5.74, 6) is -2.02. The fraction of sp³-hybridized carbons (Fsp3) is 0.444. The number of thioether (sulfide) groups is 1. The normalized spacial score (nSPS) is 17.7. The van der Waals surface area contributed by atoms with E-state index in [9.17, 15) is 31.9 Å². The zero-order valence-electron chi connectivity index (χ0n) is 21.9. The second-order valence-corrected chi connectivity index (χ2v) is 13.1. The highest BCUT2D eigenvalue weighted by Crippen LogP contribution is 2.54. The third kappa shape index (κ3) is 5.70. The van der Waals surface area contributed by atoms with Gasteiger partial charge in [0.15, 0.2) is 21.5 Å². The molecule has 40 heavy (non-hydrogen) atoms. The maximum absolute atomic E-state index is 14.7. The molecule has 1 spiro atoms. The molecule has 1 unspecified atom stereocenters. The Morgan fingerprint density at radius 1 is 1.07 bits per heavy atom. The quantitative estimate of drug-likeness (QED) is 0.196. The molecule has 13 heteroatoms. The predicted molar refractivity (Wildman–Crippen MR) is 142 cm³/mol. The van der Waals surface area contributed by atoms with Crippen LogP contribution in [-0.4, -0.2) is 46.8 Å². The molecule has 216 valence electrons. The number of carbonyl (C=O) groups is 3. The highest BCUT2D eigenvalue weighted by Gasteiger charge is 2.59. The number of carbonyl (C=O) groups excluding carboxylic acids is 3. The second-order valence-electron chi connectivity index (χ2n) is 10.8. The van der Waals surface area contributed by atoms with Gasteiger partial charge in [-0.2, -0.15) is 13.2 Å². The lowest BCUT2D eigenvalue weighted by atomic mass is 9.84. The first-order valence-electron chi connectivity index (χ1n) is 12.1. The van der Waals surface area contributed by atoms with E-state index in [-0.39, 0.29) is 37.0 Å². The number of nitrogens with zero attached hydrogens (tertiary/aromatic N) is 1. The fourth-order valence-corrected chi connectivity index (χ4v) is 6.33. The Balaban J connectivity index is 1.62. The predicted octanol–water partition coefficient (Wildman–Crippen LogP) is 7.42. The molecule has 6 nitrogen and oxygen atoms in total. The van der Waals surface area contributed by atoms with Crippen molar-refractivity contribution in [2.75, 3.05) is 13.1 Å². The van der Waals surface area contributed by atoms with Crippen molar-refractivity contribution in [3.8, 4) is 0 Å². The number of fused-ring (bicyclic) bond motifs is 2. The molecule has 1 saturated heterocycles. The average Bonchev–Trinajstić information content (AvgIpc) is 3.17. The molecule has 0 saturated carbocycles. The average molecular weight is 622 g/mol. The largest absolute Gasteiger partial charge is 0.444 e. The number of rotatable bonds is 5. The molecular weight excluding hydrogens is 597 g/mol. The number of alkyl halides is 3. The minimum Gasteiger partial charge on any atom is -0.444 e. The third-order valence-electron chi connectivity index (χ3n) is 6.60. The molecule has 1 amide bonds. The van der Waals surface area contributed by atoms with E-state index < -0.39 is 67.0 Å². The number of ether oxygens (including phenoxy) is 2. The summed E-state index contributed by atoms with van der Waals surface area (Å²) in [6.45, 7) is 6.73. The van der Waals surface area contributed by atoms with E-state index in [2.05, 4.69) is 0 Å². The molecule has 0 N–H and O–H groups in total. The van der Waals surface area contributed by atoms with E-state index in [0.29, 0.717) is 5.56 Å². The molecule has 2 heterocycles. The van der Waals surface area contributed by atoms with Crippen molar-refractivity contribution in [1.29, 1.82) is 0 Å². The van der Waals surface area contributed by atoms with E-state index in [1.54, 1.807) is 26.8 Å². The monoisotopic (exact) mass is 621 g/mol. The number of amides is 1. The number of ketones is 1. The van der Waals surface area contributed by atoms with Crippen molar-refractivity contribution in [2.24, 2.45) is 0 Å². The molecule has 0 aliphatic carbocycles. The van der Waals surface area contributed by atoms with Crippen molar-refractivity contribution in [1.82, 2.24) is 4.90 Å². The molecule has 1 atom stereocenters. The Morgan fingerprint density at radius 2 is 1.68 bits per heavy atom. The number of likely N-dealkylation sites (tertiary alicyclic amines) is 1. The first-order valence-corrected chi connectivity index (χ1v) is 13.6. The second kappa shape index (κ2) is 10.5. The summed E-state index contributed by atoms with van der Waals surface area (Å²) in [4.78, 5) is 39.2. The van der Waals surface area contributed by atoms with Gasteiger partial charge in [0, 0.05) is 18.9 Å². The van der Waals surface area contributed by atoms with Gasteiger partial charge in [-0.15, -0.1) is 0 Å². The van der Waals surface area contributed by atoms with Crippen LogP contribution in [0.3, 0.4) is 0 Å². The van der Waals surface area contributed by atoms with Gasteiger partial charge >= 0.3 is 12.3 Å². The molecule has 2 aromatic rings. The summed E-state index contributed by atoms with van der Waals surface area (Å²) in [6, 6.07) is 5.89. The Labute approximate surface area is 242 Å². The van der Waals surface area contributed by atoms with Crippen LogP contribution in [0, 0.1) is 5.82 Å². The minimum atomic E-state index is -5.12. The van der Waals surface area contributed by atoms with Gasteiger partial charge in [-0.05, 0) is 55.7 Å². The van der Waals surface area contributed by atoms with Crippen LogP contribution in [0.15, 0.2) is 30.3 Å². The molecule has 0 bridgehead atoms. The smallest absolute Gasteiger partial charge is 0.410 e. The highest BCUT2D eigenvalue weighted by atomic mass is 35.5. The summed E-state index contributed by atoms with van der Waals surface area (Å²) in [7, 11) is 0. The molecule has 2 aliphatic heterocycles. The topological polar surface area (TPSA) is 72.9 Å². The Morgan fingerprint density at radius 3 is 2.20 bits per heavy atom. The number of hydrogen-bond donors (Lipinski definition) is 0. The lowest BCUT2D eigenvalue weighted by Gasteiger charge is -2.47. The van der Waals surface area contributed by atoms with Gasteiger partial charge in [0.25, 0.3) is 0 Å². The Kier molecular flexibility index (Phi) is 8.03. The molecule has 1 fully saturated rings. The third-order valence-corrected chi connectivity index (χ3v) is 8.40. The van der Waals surface area contributed by atoms with E-state index in [0.717, 1.165) is 24.6 Å². The van der Waals surface area contributed by atoms with E-state index in [4.69, 9.17) is 32.7 Å². The van der Waals surface area contributed by atoms with Crippen molar-refractivity contribution in [3.63, 3.8) is 0 Å². The van der Waals surface area contributed by atoms with Gasteiger partial charge in [0.1, 0.15) is 11.2 Å². The Bertz CT molecular complexity index is 1360. The van der Waals surface area contributed by atoms with E-state index in [1.165, 1.54) is 17.0 Å². The SMILES string of the molecule is CC(=O)SC(CC(=O)c1ccc2c(c1)COC21CN(C(=O)OC(C)(C)C)C1)(c1cc(Cl)c(F)c(Cl)c1)C(F)(F)F. The van der Waals surface area contributed by atoms with Gasteiger partial charge < -0.3 is 14.4 Å². The maximum atomic E-state index is 14.7. The summed E-state index contributed by atoms with van der Waals surface area (Å²) in [5.41, 5.74) is -0.791. The van der Waals surface area contributed by atoms with Crippen LogP contribution >= 0.6 is 35.0 Å². The summed E-state index contributed by atoms with van der Waals surface area (Å²) in [6.07, 6.45) is -6.78. The van der Waals surface area contributed by atoms with E-state index in [1.807, 2.05) is 0 Å². The van der Waals surface area contributed by atoms with Gasteiger partial charge in [-0.1, -0.05) is 47.1 Å². The molecular formula is C27H25Cl2F4NO5S. The zero-order valence-corrected chi connectivity index (χ0v) is 24.2. The van der Waals surface area contributed by atoms with Gasteiger partial charge in [0.2, 0.25) is 0 Å². The van der Waals surface area contributed by atoms with Gasteiger partial charge in [-0.3, -0.25) is 9.59 Å². The van der Waals surface area contributed by atoms with Crippen molar-refractivity contribution >= 4 is 52.0 Å². The molecule has 4 rings (SSSR count). The van der Waals surface area contributed by atoms with Crippen LogP contribution in [0.4, 0.5) is 22.4 Å². The first-order chi connectivity index (χ1) is 18.4. The number of hydrogen-bond acceptors (Lipinski definition) is 6. The highest BCUT2D eigenvalue weighted by molar-refractivity contribution is 8.14. The Hall–Kier alpha value is -2.34. The van der Waals surface area contributed by atoms with E-state index >= 15 is 0 Å². The van der Waals surface area contributed by atoms with Crippen LogP contribution in [0.25, 0.3) is 0 Å². The zero-order chi connectivity index (χ0) is 29.8. The van der Waals surface area contributed by atoms with Gasteiger partial charge in [-0.25, -0.2) is 9.18 Å². The van der Waals surface area contributed by atoms with Crippen LogP contribution in [0.5, 0.6) is 0 Å². The molecule has 0 radical (unpaired) electrons. The number of Topliss-reactive ketones (excluding diaryl/α,β-unsaturated/α-hetero) is 1. The van der Waals surface area contributed by atoms with Crippen molar-refractivity contribution in [2.45, 2.75) is 62.8 Å². The van der Waals surface area contributed by atoms with Crippen LogP contribution in [0.2, 0.25) is 10.0 Å². The number of benzene rings is 2. The van der Waals surface area contributed by atoms with Crippen LogP contribution in [-0.2, 0) is 31.2 Å². The lowest BCUT2D eigenvalue weighted by molar-refractivity contribution is -0.162. The van der Waals surface area contributed by atoms with Crippen molar-refractivity contribution in [3.05, 3.63) is 68.4 Å². The standard InChI is InChI=1S/C27H25Cl2F4NO5S/c1-14(35)40-26(27(31,32)33,17-8-19(28)22(30)20(29)9-17)10-21(36)15-5-6-18-16(7-15)11-38-25(18)12-34(13-25)23(37)39-24(2,3)4/h5-9H,10-13H2,1-4H3. The summed E-state index contributed by atoms with van der Waals surface area (Å²) in [5, 5.41) is -2.26. The summed E-state index contributed by atoms with van der Waals surface area (Å²) >= 11 is 11.5. The first kappa shape index (κ1) is 30.6. The van der Waals surface area contributed by atoms with Crippen LogP contribution in [0.1, 0.15) is 61.2 Å². The number of halogens is 6. The lowest BCUT2D eigenvalue weighted by Crippen LogP contribution is -2.61. The summed E-state index contributed by atoms with van der Waals surface area (Å²) < 4.78 is 66.3. The minimum absolute atomic E-state index is 0.0280. The van der Waals surface area contributed by atoms with Crippen LogP contribution < -0.4 is 0 Å².